The lowest BCUT2D eigenvalue weighted by Gasteiger charge is -2.34. The molecule has 1 aliphatic heterocycles. The maximum atomic E-state index is 14.1. The molecular weight excluding hydrogens is 642 g/mol. The highest BCUT2D eigenvalue weighted by molar-refractivity contribution is 5.98. The van der Waals surface area contributed by atoms with Crippen molar-refractivity contribution in [2.24, 2.45) is 23.2 Å². The van der Waals surface area contributed by atoms with Crippen LogP contribution in [-0.2, 0) is 24.0 Å². The molecule has 1 aromatic rings. The minimum absolute atomic E-state index is 0.0451. The number of Topliss-reactive ketones (excluding diaryl/α,β-unsaturated/α-hetero) is 1. The number of likely N-dealkylation sites (tertiary alicyclic amines) is 1. The number of ketones is 1. The van der Waals surface area contributed by atoms with Gasteiger partial charge in [-0.05, 0) is 43.4 Å². The number of aromatic nitrogens is 2. The lowest BCUT2D eigenvalue weighted by atomic mass is 9.74. The summed E-state index contributed by atoms with van der Waals surface area (Å²) < 4.78 is 0. The number of hydrogen-bond donors (Lipinski definition) is 5. The van der Waals surface area contributed by atoms with Crippen LogP contribution in [-0.4, -0.2) is 98.7 Å². The van der Waals surface area contributed by atoms with E-state index in [0.717, 1.165) is 44.9 Å². The summed E-state index contributed by atoms with van der Waals surface area (Å²) in [6.07, 6.45) is 9.79. The monoisotopic (exact) mass is 697 g/mol. The van der Waals surface area contributed by atoms with Crippen LogP contribution in [0.25, 0.3) is 0 Å². The molecule has 0 bridgehead atoms. The first-order chi connectivity index (χ1) is 23.7. The van der Waals surface area contributed by atoms with Gasteiger partial charge in [-0.15, -0.1) is 0 Å². The van der Waals surface area contributed by atoms with Crippen LogP contribution in [0.15, 0.2) is 18.6 Å². The van der Waals surface area contributed by atoms with Gasteiger partial charge in [0.25, 0.3) is 11.8 Å². The summed E-state index contributed by atoms with van der Waals surface area (Å²) in [6.45, 7) is 9.00. The molecule has 1 aromatic heterocycles. The molecule has 2 aliphatic carbocycles. The van der Waals surface area contributed by atoms with Crippen molar-refractivity contribution in [3.05, 3.63) is 24.3 Å². The minimum atomic E-state index is -1.44. The first-order valence-electron chi connectivity index (χ1n) is 18.1. The van der Waals surface area contributed by atoms with Crippen molar-refractivity contribution in [3.8, 4) is 0 Å². The second-order valence-corrected chi connectivity index (χ2v) is 15.3. The van der Waals surface area contributed by atoms with E-state index in [4.69, 9.17) is 0 Å². The Balaban J connectivity index is 1.50. The number of aliphatic hydroxyl groups excluding tert-OH is 1. The average Bonchev–Trinajstić information content (AvgIpc) is 3.80. The Morgan fingerprint density at radius 2 is 1.64 bits per heavy atom. The Kier molecular flexibility index (Phi) is 13.5. The van der Waals surface area contributed by atoms with Crippen LogP contribution in [0.5, 0.6) is 0 Å². The Labute approximate surface area is 294 Å². The van der Waals surface area contributed by atoms with Gasteiger partial charge in [0.05, 0.1) is 30.2 Å². The molecule has 0 aromatic carbocycles. The van der Waals surface area contributed by atoms with Gasteiger partial charge < -0.3 is 31.3 Å². The van der Waals surface area contributed by atoms with Crippen molar-refractivity contribution in [1.29, 1.82) is 0 Å². The highest BCUT2D eigenvalue weighted by atomic mass is 16.3. The van der Waals surface area contributed by atoms with Gasteiger partial charge in [0, 0.05) is 50.8 Å². The SMILES string of the molecule is CCCC(NC(=O)[C@@H]1CN(C(C)=O)C[C@@H]1NC(=O)[C@@H](CC(=O)[C@@H](NC(=O)c1cnccn1)C1CCCCC1)C(C)(C)C)C(O)C(=O)NC1CC1. The fraction of sp³-hybridized carbons (Fsp3) is 0.722. The average molecular weight is 698 g/mol. The van der Waals surface area contributed by atoms with Gasteiger partial charge in [-0.25, -0.2) is 4.98 Å². The molecule has 3 fully saturated rings. The van der Waals surface area contributed by atoms with E-state index in [1.54, 1.807) is 0 Å². The summed E-state index contributed by atoms with van der Waals surface area (Å²) in [4.78, 5) is 89.6. The number of aliphatic hydroxyl groups is 1. The maximum Gasteiger partial charge on any atom is 0.272 e. The Bertz CT molecular complexity index is 1370. The maximum absolute atomic E-state index is 14.1. The van der Waals surface area contributed by atoms with Gasteiger partial charge in [-0.3, -0.25) is 33.8 Å². The van der Waals surface area contributed by atoms with E-state index in [0.29, 0.717) is 12.8 Å². The van der Waals surface area contributed by atoms with Crippen LogP contribution < -0.4 is 21.3 Å². The van der Waals surface area contributed by atoms with E-state index < -0.39 is 65.1 Å². The smallest absolute Gasteiger partial charge is 0.272 e. The summed E-state index contributed by atoms with van der Waals surface area (Å²) in [5, 5.41) is 22.3. The Hall–Kier alpha value is -3.94. The summed E-state index contributed by atoms with van der Waals surface area (Å²) in [6, 6.07) is -2.37. The Morgan fingerprint density at radius 3 is 2.22 bits per heavy atom. The van der Waals surface area contributed by atoms with Crippen LogP contribution in [0.3, 0.4) is 0 Å². The highest BCUT2D eigenvalue weighted by Gasteiger charge is 2.44. The molecule has 3 aliphatic rings. The fourth-order valence-electron chi connectivity index (χ4n) is 7.04. The van der Waals surface area contributed by atoms with E-state index in [-0.39, 0.29) is 48.9 Å². The van der Waals surface area contributed by atoms with Gasteiger partial charge in [-0.1, -0.05) is 53.4 Å². The molecule has 2 unspecified atom stereocenters. The molecule has 0 spiro atoms. The number of carbonyl (C=O) groups excluding carboxylic acids is 6. The molecule has 276 valence electrons. The second-order valence-electron chi connectivity index (χ2n) is 15.3. The molecular formula is C36H55N7O7. The molecule has 1 saturated heterocycles. The second kappa shape index (κ2) is 17.3. The predicted molar refractivity (Wildman–Crippen MR) is 184 cm³/mol. The molecule has 6 atom stereocenters. The van der Waals surface area contributed by atoms with Crippen LogP contribution in [0.1, 0.15) is 109 Å². The highest BCUT2D eigenvalue weighted by Crippen LogP contribution is 2.33. The predicted octanol–water partition coefficient (Wildman–Crippen LogP) is 1.66. The van der Waals surface area contributed by atoms with Crippen LogP contribution in [0, 0.1) is 23.2 Å². The summed E-state index contributed by atoms with van der Waals surface area (Å²) >= 11 is 0. The van der Waals surface area contributed by atoms with Crippen molar-refractivity contribution >= 4 is 35.3 Å². The van der Waals surface area contributed by atoms with Gasteiger partial charge in [0.1, 0.15) is 5.69 Å². The van der Waals surface area contributed by atoms with Gasteiger partial charge in [0.2, 0.25) is 17.7 Å². The number of carbonyl (C=O) groups is 6. The summed E-state index contributed by atoms with van der Waals surface area (Å²) in [5.41, 5.74) is -0.572. The van der Waals surface area contributed by atoms with Crippen LogP contribution in [0.4, 0.5) is 0 Å². The zero-order valence-corrected chi connectivity index (χ0v) is 30.1. The first-order valence-corrected chi connectivity index (χ1v) is 18.1. The Morgan fingerprint density at radius 1 is 0.940 bits per heavy atom. The lowest BCUT2D eigenvalue weighted by molar-refractivity contribution is -0.135. The largest absolute Gasteiger partial charge is 0.381 e. The topological polar surface area (TPSA) is 200 Å². The molecule has 14 nitrogen and oxygen atoms in total. The van der Waals surface area contributed by atoms with Crippen LogP contribution >= 0.6 is 0 Å². The minimum Gasteiger partial charge on any atom is -0.381 e. The summed E-state index contributed by atoms with van der Waals surface area (Å²) in [7, 11) is 0. The van der Waals surface area contributed by atoms with E-state index in [1.807, 2.05) is 27.7 Å². The van der Waals surface area contributed by atoms with E-state index in [1.165, 1.54) is 30.4 Å². The van der Waals surface area contributed by atoms with Crippen molar-refractivity contribution < 1.29 is 33.9 Å². The number of nitrogens with one attached hydrogen (secondary N) is 4. The van der Waals surface area contributed by atoms with Crippen molar-refractivity contribution in [1.82, 2.24) is 36.1 Å². The quantitative estimate of drug-likeness (QED) is 0.181. The fourth-order valence-corrected chi connectivity index (χ4v) is 7.04. The van der Waals surface area contributed by atoms with Crippen LogP contribution in [0.2, 0.25) is 0 Å². The summed E-state index contributed by atoms with van der Waals surface area (Å²) in [5.74, 6) is -4.21. The first kappa shape index (κ1) is 38.9. The number of amides is 5. The van der Waals surface area contributed by atoms with Gasteiger partial charge in [-0.2, -0.15) is 0 Å². The lowest BCUT2D eigenvalue weighted by Crippen LogP contribution is -2.55. The molecule has 4 rings (SSSR count). The number of rotatable bonds is 15. The molecule has 5 N–H and O–H groups in total. The van der Waals surface area contributed by atoms with E-state index in [9.17, 15) is 33.9 Å². The van der Waals surface area contributed by atoms with Crippen molar-refractivity contribution in [2.75, 3.05) is 13.1 Å². The van der Waals surface area contributed by atoms with Crippen molar-refractivity contribution in [3.63, 3.8) is 0 Å². The number of nitrogens with zero attached hydrogens (tertiary/aromatic N) is 3. The zero-order valence-electron chi connectivity index (χ0n) is 30.1. The third-order valence-electron chi connectivity index (χ3n) is 10.2. The molecule has 0 radical (unpaired) electrons. The molecule has 5 amide bonds. The molecule has 2 saturated carbocycles. The number of hydrogen-bond acceptors (Lipinski definition) is 9. The third-order valence-corrected chi connectivity index (χ3v) is 10.2. The molecule has 2 heterocycles. The third kappa shape index (κ3) is 10.5. The van der Waals surface area contributed by atoms with Crippen molar-refractivity contribution in [2.45, 2.75) is 129 Å². The normalized spacial score (nSPS) is 22.1. The van der Waals surface area contributed by atoms with E-state index >= 15 is 0 Å². The molecule has 14 heteroatoms. The zero-order chi connectivity index (χ0) is 36.6. The standard InChI is InChI=1S/C36H55N7O7/c1-6-10-26(31(46)35(50)39-23-13-14-23)40-32(47)24-19-43(21(2)44)20-28(24)41-33(48)25(36(3,4)5)17-29(45)30(22-11-8-7-9-12-22)42-34(49)27-18-37-15-16-38-27/h15-16,18,22-26,28,30-31,46H,6-14,17,19-20H2,1-5H3,(H,39,50)(H,40,47)(H,41,48)(H,42,49)/t24-,25-,26?,28+,30+,31?/m1/s1. The van der Waals surface area contributed by atoms with E-state index in [2.05, 4.69) is 31.2 Å². The van der Waals surface area contributed by atoms with Gasteiger partial charge >= 0.3 is 0 Å². The van der Waals surface area contributed by atoms with Gasteiger partial charge in [0.15, 0.2) is 11.9 Å². The molecule has 50 heavy (non-hydrogen) atoms.